The van der Waals surface area contributed by atoms with Crippen LogP contribution in [0.25, 0.3) is 0 Å². The molecule has 1 amide bonds. The number of carbonyl (C=O) groups excluding carboxylic acids is 1. The van der Waals surface area contributed by atoms with Crippen molar-refractivity contribution < 1.29 is 18.0 Å². The molecule has 0 N–H and O–H groups in total. The number of carbonyl (C=O) groups is 1. The van der Waals surface area contributed by atoms with Gasteiger partial charge in [-0.3, -0.25) is 9.48 Å². The fourth-order valence-electron chi connectivity index (χ4n) is 2.50. The Hall–Kier alpha value is -1.05. The third-order valence-electron chi connectivity index (χ3n) is 3.70. The van der Waals surface area contributed by atoms with Gasteiger partial charge in [0, 0.05) is 13.1 Å². The second-order valence-corrected chi connectivity index (χ2v) is 6.28. The van der Waals surface area contributed by atoms with E-state index >= 15 is 0 Å². The van der Waals surface area contributed by atoms with E-state index in [1.54, 1.807) is 4.90 Å². The molecule has 0 bridgehead atoms. The molecule has 1 saturated heterocycles. The summed E-state index contributed by atoms with van der Waals surface area (Å²) < 4.78 is 39.4. The van der Waals surface area contributed by atoms with Crippen molar-refractivity contribution in [3.05, 3.63) is 15.9 Å². The number of hydrogen-bond donors (Lipinski definition) is 0. The van der Waals surface area contributed by atoms with E-state index in [9.17, 15) is 18.0 Å². The van der Waals surface area contributed by atoms with E-state index in [4.69, 9.17) is 0 Å². The van der Waals surface area contributed by atoms with Gasteiger partial charge in [0.15, 0.2) is 5.69 Å². The molecule has 8 heteroatoms. The van der Waals surface area contributed by atoms with Crippen LogP contribution in [0.2, 0.25) is 0 Å². The number of hydrogen-bond acceptors (Lipinski definition) is 2. The van der Waals surface area contributed by atoms with Crippen LogP contribution in [-0.4, -0.2) is 33.7 Å². The van der Waals surface area contributed by atoms with Crippen molar-refractivity contribution in [3.63, 3.8) is 0 Å². The lowest BCUT2D eigenvalue weighted by atomic mass is 10.0. The molecule has 1 unspecified atom stereocenters. The van der Waals surface area contributed by atoms with Crippen LogP contribution in [0.15, 0.2) is 4.47 Å². The fraction of sp³-hybridized carbons (Fsp3) is 0.692. The minimum atomic E-state index is -4.53. The van der Waals surface area contributed by atoms with Crippen molar-refractivity contribution in [2.24, 2.45) is 5.92 Å². The van der Waals surface area contributed by atoms with Crippen LogP contribution >= 0.6 is 15.9 Å². The zero-order chi connectivity index (χ0) is 15.8. The lowest BCUT2D eigenvalue weighted by Crippen LogP contribution is -2.41. The summed E-state index contributed by atoms with van der Waals surface area (Å²) in [5, 5.41) is 3.53. The number of nitrogens with zero attached hydrogens (tertiary/aromatic N) is 3. The van der Waals surface area contributed by atoms with Gasteiger partial charge in [0.25, 0.3) is 0 Å². The van der Waals surface area contributed by atoms with Gasteiger partial charge in [0.1, 0.15) is 6.54 Å². The quantitative estimate of drug-likeness (QED) is 0.804. The molecule has 1 aliphatic rings. The lowest BCUT2D eigenvalue weighted by molar-refractivity contribution is -0.142. The van der Waals surface area contributed by atoms with Crippen LogP contribution in [-0.2, 0) is 17.5 Å². The van der Waals surface area contributed by atoms with E-state index < -0.39 is 11.9 Å². The van der Waals surface area contributed by atoms with E-state index in [1.165, 1.54) is 6.92 Å². The molecule has 0 aliphatic carbocycles. The Labute approximate surface area is 129 Å². The van der Waals surface area contributed by atoms with E-state index in [1.807, 2.05) is 0 Å². The van der Waals surface area contributed by atoms with Crippen molar-refractivity contribution in [1.82, 2.24) is 14.7 Å². The fourth-order valence-corrected chi connectivity index (χ4v) is 3.01. The van der Waals surface area contributed by atoms with E-state index in [2.05, 4.69) is 28.0 Å². The Morgan fingerprint density at radius 1 is 1.48 bits per heavy atom. The molecule has 1 aliphatic heterocycles. The summed E-state index contributed by atoms with van der Waals surface area (Å²) >= 11 is 2.90. The molecular formula is C13H17BrF3N3O. The van der Waals surface area contributed by atoms with E-state index in [-0.39, 0.29) is 16.9 Å². The molecule has 1 aromatic rings. The molecule has 118 valence electrons. The van der Waals surface area contributed by atoms with Crippen molar-refractivity contribution in [1.29, 1.82) is 0 Å². The summed E-state index contributed by atoms with van der Waals surface area (Å²) in [5.74, 6) is 0.243. The third-order valence-corrected chi connectivity index (χ3v) is 4.65. The summed E-state index contributed by atoms with van der Waals surface area (Å²) in [7, 11) is 0. The number of alkyl halides is 3. The number of aromatic nitrogens is 2. The van der Waals surface area contributed by atoms with E-state index in [0.29, 0.717) is 24.7 Å². The zero-order valence-electron chi connectivity index (χ0n) is 11.9. The monoisotopic (exact) mass is 367 g/mol. The van der Waals surface area contributed by atoms with Crippen molar-refractivity contribution >= 4 is 21.8 Å². The Morgan fingerprint density at radius 3 is 2.67 bits per heavy atom. The highest BCUT2D eigenvalue weighted by Gasteiger charge is 2.38. The molecule has 4 nitrogen and oxygen atoms in total. The number of likely N-dealkylation sites (tertiary alicyclic amines) is 1. The van der Waals surface area contributed by atoms with Crippen molar-refractivity contribution in [2.45, 2.75) is 39.4 Å². The Kier molecular flexibility index (Phi) is 4.65. The summed E-state index contributed by atoms with van der Waals surface area (Å²) in [6, 6.07) is 0. The highest BCUT2D eigenvalue weighted by molar-refractivity contribution is 9.10. The largest absolute Gasteiger partial charge is 0.436 e. The number of halogens is 4. The van der Waals surface area contributed by atoms with Crippen LogP contribution in [0.1, 0.15) is 31.2 Å². The molecule has 1 aromatic heterocycles. The van der Waals surface area contributed by atoms with Gasteiger partial charge in [0.05, 0.1) is 10.2 Å². The summed E-state index contributed by atoms with van der Waals surface area (Å²) in [6.07, 6.45) is -2.52. The number of rotatable bonds is 2. The van der Waals surface area contributed by atoms with Gasteiger partial charge in [-0.25, -0.2) is 0 Å². The molecule has 0 saturated carbocycles. The highest BCUT2D eigenvalue weighted by atomic mass is 79.9. The molecule has 0 spiro atoms. The first kappa shape index (κ1) is 16.3. The zero-order valence-corrected chi connectivity index (χ0v) is 13.5. The van der Waals surface area contributed by atoms with Crippen LogP contribution in [0.3, 0.4) is 0 Å². The predicted molar refractivity (Wildman–Crippen MR) is 74.6 cm³/mol. The van der Waals surface area contributed by atoms with Gasteiger partial charge in [-0.05, 0) is 41.6 Å². The van der Waals surface area contributed by atoms with Crippen LogP contribution in [0.5, 0.6) is 0 Å². The van der Waals surface area contributed by atoms with Gasteiger partial charge in [-0.2, -0.15) is 18.3 Å². The van der Waals surface area contributed by atoms with Crippen LogP contribution in [0.4, 0.5) is 13.2 Å². The lowest BCUT2D eigenvalue weighted by Gasteiger charge is -2.31. The first-order chi connectivity index (χ1) is 9.70. The second-order valence-electron chi connectivity index (χ2n) is 5.49. The maximum atomic E-state index is 12.8. The van der Waals surface area contributed by atoms with E-state index in [0.717, 1.165) is 17.5 Å². The average Bonchev–Trinajstić information content (AvgIpc) is 2.67. The van der Waals surface area contributed by atoms with Crippen molar-refractivity contribution in [2.75, 3.05) is 13.1 Å². The number of piperidine rings is 1. The molecule has 2 heterocycles. The molecular weight excluding hydrogens is 351 g/mol. The van der Waals surface area contributed by atoms with Gasteiger partial charge in [-0.15, -0.1) is 0 Å². The number of amides is 1. The molecule has 1 atom stereocenters. The molecule has 0 aromatic carbocycles. The van der Waals surface area contributed by atoms with Crippen LogP contribution < -0.4 is 0 Å². The average molecular weight is 368 g/mol. The van der Waals surface area contributed by atoms with Gasteiger partial charge in [-0.1, -0.05) is 6.92 Å². The van der Waals surface area contributed by atoms with Gasteiger partial charge >= 0.3 is 6.18 Å². The Morgan fingerprint density at radius 2 is 2.14 bits per heavy atom. The first-order valence-electron chi connectivity index (χ1n) is 6.78. The maximum absolute atomic E-state index is 12.8. The Balaban J connectivity index is 2.14. The maximum Gasteiger partial charge on any atom is 0.436 e. The summed E-state index contributed by atoms with van der Waals surface area (Å²) in [4.78, 5) is 13.9. The summed E-state index contributed by atoms with van der Waals surface area (Å²) in [6.45, 7) is 4.74. The van der Waals surface area contributed by atoms with Crippen molar-refractivity contribution in [3.8, 4) is 0 Å². The first-order valence-corrected chi connectivity index (χ1v) is 7.57. The van der Waals surface area contributed by atoms with Gasteiger partial charge in [0.2, 0.25) is 5.91 Å². The van der Waals surface area contributed by atoms with Gasteiger partial charge < -0.3 is 4.90 Å². The topological polar surface area (TPSA) is 38.1 Å². The highest BCUT2D eigenvalue weighted by Crippen LogP contribution is 2.35. The molecule has 2 rings (SSSR count). The molecule has 1 fully saturated rings. The molecule has 0 radical (unpaired) electrons. The smallest absolute Gasteiger partial charge is 0.341 e. The SMILES string of the molecule is Cc1c(Br)c(C(F)(F)F)nn1CC(=O)N1CCCC(C)C1. The minimum absolute atomic E-state index is 0.102. The second kappa shape index (κ2) is 5.98. The normalized spacial score (nSPS) is 19.9. The standard InChI is InChI=1S/C13H17BrF3N3O/c1-8-4-3-5-19(6-8)10(21)7-20-9(2)11(14)12(18-20)13(15,16)17/h8H,3-7H2,1-2H3. The predicted octanol–water partition coefficient (Wildman–Crippen LogP) is 3.23. The molecule has 21 heavy (non-hydrogen) atoms. The minimum Gasteiger partial charge on any atom is -0.341 e. The Bertz CT molecular complexity index is 541. The van der Waals surface area contributed by atoms with Crippen LogP contribution in [0, 0.1) is 12.8 Å². The third kappa shape index (κ3) is 3.59. The summed E-state index contributed by atoms with van der Waals surface area (Å²) in [5.41, 5.74) is -0.680.